The molecule has 0 amide bonds. The largest absolute Gasteiger partial charge is 0.424 e. The Kier molecular flexibility index (Phi) is 3.10. The highest BCUT2D eigenvalue weighted by atomic mass is 16.7. The van der Waals surface area contributed by atoms with E-state index in [1.165, 1.54) is 12.8 Å². The number of hydrogen-bond donors (Lipinski definition) is 1. The predicted molar refractivity (Wildman–Crippen MR) is 49.2 cm³/mol. The summed E-state index contributed by atoms with van der Waals surface area (Å²) in [5, 5.41) is 7.58. The Balaban J connectivity index is 1.67. The van der Waals surface area contributed by atoms with Crippen molar-refractivity contribution in [3.8, 4) is 0 Å². The molecule has 2 rings (SSSR count). The van der Waals surface area contributed by atoms with Gasteiger partial charge >= 0.3 is 0 Å². The van der Waals surface area contributed by atoms with Crippen LogP contribution < -0.4 is 5.48 Å². The van der Waals surface area contributed by atoms with Crippen molar-refractivity contribution in [1.82, 2.24) is 15.7 Å². The van der Waals surface area contributed by atoms with Crippen molar-refractivity contribution in [3.63, 3.8) is 0 Å². The number of hydrogen-bond acceptors (Lipinski definition) is 5. The second-order valence-corrected chi connectivity index (χ2v) is 3.56. The Morgan fingerprint density at radius 1 is 1.43 bits per heavy atom. The second kappa shape index (κ2) is 4.52. The van der Waals surface area contributed by atoms with E-state index in [0.29, 0.717) is 24.4 Å². The van der Waals surface area contributed by atoms with Gasteiger partial charge in [-0.25, -0.2) is 0 Å². The summed E-state index contributed by atoms with van der Waals surface area (Å²) in [6.07, 6.45) is 5.20. The van der Waals surface area contributed by atoms with Gasteiger partial charge in [0.1, 0.15) is 0 Å². The third-order valence-corrected chi connectivity index (χ3v) is 2.34. The predicted octanol–water partition coefficient (Wildman–Crippen LogP) is 1.34. The maximum atomic E-state index is 5.44. The van der Waals surface area contributed by atoms with Crippen molar-refractivity contribution in [2.75, 3.05) is 0 Å². The van der Waals surface area contributed by atoms with Crippen molar-refractivity contribution in [1.29, 1.82) is 0 Å². The molecule has 0 spiro atoms. The molecule has 14 heavy (non-hydrogen) atoms. The van der Waals surface area contributed by atoms with Crippen LogP contribution in [0.3, 0.4) is 0 Å². The van der Waals surface area contributed by atoms with E-state index in [9.17, 15) is 0 Å². The lowest BCUT2D eigenvalue weighted by Gasteiger charge is -2.09. The van der Waals surface area contributed by atoms with Crippen LogP contribution in [0.5, 0.6) is 0 Å². The lowest BCUT2D eigenvalue weighted by molar-refractivity contribution is -0.0275. The third-order valence-electron chi connectivity index (χ3n) is 2.34. The van der Waals surface area contributed by atoms with Gasteiger partial charge in [-0.15, -0.1) is 10.2 Å². The number of nitrogens with zero attached hydrogens (tertiary/aromatic N) is 2. The van der Waals surface area contributed by atoms with Gasteiger partial charge in [-0.2, -0.15) is 5.48 Å². The van der Waals surface area contributed by atoms with Gasteiger partial charge in [0.2, 0.25) is 11.8 Å². The smallest absolute Gasteiger partial charge is 0.232 e. The normalized spacial score (nSPS) is 17.8. The summed E-state index contributed by atoms with van der Waals surface area (Å²) >= 11 is 0. The summed E-state index contributed by atoms with van der Waals surface area (Å²) in [4.78, 5) is 5.44. The maximum absolute atomic E-state index is 5.44. The van der Waals surface area contributed by atoms with Crippen LogP contribution in [0.25, 0.3) is 0 Å². The minimum atomic E-state index is 0.360. The Morgan fingerprint density at radius 3 is 2.86 bits per heavy atom. The lowest BCUT2D eigenvalue weighted by Crippen LogP contribution is -2.21. The molecule has 1 N–H and O–H groups in total. The van der Waals surface area contributed by atoms with Gasteiger partial charge < -0.3 is 4.42 Å². The monoisotopic (exact) mass is 197 g/mol. The molecule has 0 aromatic carbocycles. The van der Waals surface area contributed by atoms with Crippen LogP contribution in [-0.2, 0) is 11.4 Å². The first kappa shape index (κ1) is 9.61. The van der Waals surface area contributed by atoms with Gasteiger partial charge in [-0.3, -0.25) is 4.84 Å². The number of aromatic nitrogens is 2. The third kappa shape index (κ3) is 2.52. The average molecular weight is 197 g/mol. The molecular formula is C9H15N3O2. The van der Waals surface area contributed by atoms with E-state index in [1.807, 2.05) is 0 Å². The molecule has 1 aliphatic rings. The van der Waals surface area contributed by atoms with Gasteiger partial charge in [0.05, 0.1) is 12.6 Å². The zero-order valence-corrected chi connectivity index (χ0v) is 8.32. The van der Waals surface area contributed by atoms with Crippen LogP contribution in [-0.4, -0.2) is 16.3 Å². The first-order valence-corrected chi connectivity index (χ1v) is 5.02. The molecule has 1 saturated carbocycles. The molecule has 5 heteroatoms. The van der Waals surface area contributed by atoms with Crippen LogP contribution in [0.15, 0.2) is 4.42 Å². The summed E-state index contributed by atoms with van der Waals surface area (Å²) in [5.41, 5.74) is 2.86. The highest BCUT2D eigenvalue weighted by Crippen LogP contribution is 2.19. The molecular weight excluding hydrogens is 182 g/mol. The Bertz CT molecular complexity index is 281. The van der Waals surface area contributed by atoms with Gasteiger partial charge in [0, 0.05) is 6.92 Å². The number of nitrogens with one attached hydrogen (secondary N) is 1. The van der Waals surface area contributed by atoms with Crippen LogP contribution in [0, 0.1) is 6.92 Å². The summed E-state index contributed by atoms with van der Waals surface area (Å²) in [6, 6.07) is 0. The second-order valence-electron chi connectivity index (χ2n) is 3.56. The molecule has 0 radical (unpaired) electrons. The molecule has 78 valence electrons. The van der Waals surface area contributed by atoms with E-state index in [0.717, 1.165) is 12.8 Å². The van der Waals surface area contributed by atoms with Crippen LogP contribution in [0.4, 0.5) is 0 Å². The molecule has 1 fully saturated rings. The summed E-state index contributed by atoms with van der Waals surface area (Å²) in [6.45, 7) is 2.26. The van der Waals surface area contributed by atoms with Gasteiger partial charge in [-0.05, 0) is 12.8 Å². The van der Waals surface area contributed by atoms with Crippen LogP contribution in [0.1, 0.15) is 37.5 Å². The fourth-order valence-corrected chi connectivity index (χ4v) is 1.64. The molecule has 0 bridgehead atoms. The highest BCUT2D eigenvalue weighted by Gasteiger charge is 2.15. The molecule has 5 nitrogen and oxygen atoms in total. The van der Waals surface area contributed by atoms with Crippen molar-refractivity contribution in [2.45, 2.75) is 45.3 Å². The van der Waals surface area contributed by atoms with E-state index in [-0.39, 0.29) is 0 Å². The topological polar surface area (TPSA) is 60.2 Å². The fourth-order valence-electron chi connectivity index (χ4n) is 1.64. The number of rotatable bonds is 4. The van der Waals surface area contributed by atoms with Crippen LogP contribution in [0.2, 0.25) is 0 Å². The van der Waals surface area contributed by atoms with Crippen molar-refractivity contribution in [3.05, 3.63) is 11.8 Å². The van der Waals surface area contributed by atoms with Crippen molar-refractivity contribution < 1.29 is 9.25 Å². The first-order valence-electron chi connectivity index (χ1n) is 5.02. The summed E-state index contributed by atoms with van der Waals surface area (Å²) < 4.78 is 5.18. The van der Waals surface area contributed by atoms with Crippen LogP contribution >= 0.6 is 0 Å². The number of hydroxylamine groups is 1. The van der Waals surface area contributed by atoms with E-state index >= 15 is 0 Å². The maximum Gasteiger partial charge on any atom is 0.232 e. The lowest BCUT2D eigenvalue weighted by atomic mass is 10.3. The van der Waals surface area contributed by atoms with E-state index in [4.69, 9.17) is 9.25 Å². The van der Waals surface area contributed by atoms with E-state index in [2.05, 4.69) is 15.7 Å². The minimum absolute atomic E-state index is 0.360. The fraction of sp³-hybridized carbons (Fsp3) is 0.778. The summed E-state index contributed by atoms with van der Waals surface area (Å²) in [5.74, 6) is 1.16. The molecule has 1 aliphatic carbocycles. The van der Waals surface area contributed by atoms with Gasteiger partial charge in [0.25, 0.3) is 0 Å². The quantitative estimate of drug-likeness (QED) is 0.738. The SMILES string of the molecule is Cc1nnc(CNOC2CCCC2)o1. The van der Waals surface area contributed by atoms with E-state index < -0.39 is 0 Å². The zero-order chi connectivity index (χ0) is 9.80. The molecule has 0 atom stereocenters. The molecule has 0 saturated heterocycles. The first-order chi connectivity index (χ1) is 6.84. The Labute approximate surface area is 82.8 Å². The highest BCUT2D eigenvalue weighted by molar-refractivity contribution is 4.76. The number of aryl methyl sites for hydroxylation is 1. The van der Waals surface area contributed by atoms with Crippen molar-refractivity contribution in [2.24, 2.45) is 0 Å². The molecule has 1 aromatic heterocycles. The van der Waals surface area contributed by atoms with Crippen molar-refractivity contribution >= 4 is 0 Å². The standard InChI is InChI=1S/C9H15N3O2/c1-7-11-12-9(13-7)6-10-14-8-4-2-3-5-8/h8,10H,2-6H2,1H3. The van der Waals surface area contributed by atoms with Gasteiger partial charge in [0.15, 0.2) is 0 Å². The molecule has 1 heterocycles. The van der Waals surface area contributed by atoms with Gasteiger partial charge in [-0.1, -0.05) is 12.8 Å². The van der Waals surface area contributed by atoms with E-state index in [1.54, 1.807) is 6.92 Å². The molecule has 0 unspecified atom stereocenters. The Hall–Kier alpha value is -0.940. The molecule has 1 aromatic rings. The average Bonchev–Trinajstić information content (AvgIpc) is 2.77. The molecule has 0 aliphatic heterocycles. The Morgan fingerprint density at radius 2 is 2.21 bits per heavy atom. The minimum Gasteiger partial charge on any atom is -0.424 e. The summed E-state index contributed by atoms with van der Waals surface area (Å²) in [7, 11) is 0. The zero-order valence-electron chi connectivity index (χ0n) is 8.32.